The van der Waals surface area contributed by atoms with E-state index in [2.05, 4.69) is 15.0 Å². The Balaban J connectivity index is 3.17. The second-order valence-electron chi connectivity index (χ2n) is 2.35. The van der Waals surface area contributed by atoms with E-state index in [1.165, 1.54) is 0 Å². The lowest BCUT2D eigenvalue weighted by Crippen LogP contribution is -2.05. The molecule has 0 spiro atoms. The van der Waals surface area contributed by atoms with E-state index in [1.807, 2.05) is 19.9 Å². The van der Waals surface area contributed by atoms with Gasteiger partial charge in [0.05, 0.1) is 0 Å². The molecule has 0 bridgehead atoms. The predicted molar refractivity (Wildman–Crippen MR) is 48.0 cm³/mol. The fraction of sp³-hybridized carbons (Fsp3) is 0.286. The van der Waals surface area contributed by atoms with Gasteiger partial charge in [-0.2, -0.15) is 15.0 Å². The zero-order chi connectivity index (χ0) is 9.14. The molecule has 1 rings (SSSR count). The maximum Gasteiger partial charge on any atom is 0.225 e. The summed E-state index contributed by atoms with van der Waals surface area (Å²) in [6, 6.07) is 0. The first kappa shape index (κ1) is 8.45. The Morgan fingerprint density at radius 1 is 1.17 bits per heavy atom. The molecule has 1 heterocycles. The van der Waals surface area contributed by atoms with Crippen molar-refractivity contribution in [3.05, 3.63) is 11.9 Å². The molecular formula is C7H11N5. The molecule has 5 heteroatoms. The van der Waals surface area contributed by atoms with Crippen LogP contribution < -0.4 is 11.5 Å². The first-order valence-corrected chi connectivity index (χ1v) is 3.54. The van der Waals surface area contributed by atoms with E-state index in [1.54, 1.807) is 0 Å². The molecule has 0 unspecified atom stereocenters. The number of nitrogen functional groups attached to an aromatic ring is 2. The van der Waals surface area contributed by atoms with Gasteiger partial charge >= 0.3 is 0 Å². The van der Waals surface area contributed by atoms with Crippen molar-refractivity contribution in [2.75, 3.05) is 11.5 Å². The highest BCUT2D eigenvalue weighted by Gasteiger charge is 2.01. The van der Waals surface area contributed by atoms with Crippen molar-refractivity contribution in [3.8, 4) is 0 Å². The number of aromatic nitrogens is 3. The highest BCUT2D eigenvalue weighted by Crippen LogP contribution is 2.09. The molecule has 0 amide bonds. The van der Waals surface area contributed by atoms with Crippen LogP contribution in [0.25, 0.3) is 5.57 Å². The molecule has 5 nitrogen and oxygen atoms in total. The van der Waals surface area contributed by atoms with Crippen molar-refractivity contribution in [1.82, 2.24) is 15.0 Å². The summed E-state index contributed by atoms with van der Waals surface area (Å²) in [6.07, 6.45) is 1.88. The number of nitrogens with two attached hydrogens (primary N) is 2. The second-order valence-corrected chi connectivity index (χ2v) is 2.35. The van der Waals surface area contributed by atoms with Gasteiger partial charge in [0.25, 0.3) is 0 Å². The van der Waals surface area contributed by atoms with E-state index in [0.717, 1.165) is 5.57 Å². The molecule has 0 fully saturated rings. The van der Waals surface area contributed by atoms with Gasteiger partial charge in [0.2, 0.25) is 11.9 Å². The van der Waals surface area contributed by atoms with E-state index >= 15 is 0 Å². The third-order valence-corrected chi connectivity index (χ3v) is 1.46. The van der Waals surface area contributed by atoms with E-state index in [-0.39, 0.29) is 11.9 Å². The van der Waals surface area contributed by atoms with Crippen LogP contribution in [-0.4, -0.2) is 15.0 Å². The SMILES string of the molecule is CC=C(C)c1nc(N)nc(N)n1. The molecule has 1 aromatic heterocycles. The maximum atomic E-state index is 5.38. The zero-order valence-electron chi connectivity index (χ0n) is 7.07. The lowest BCUT2D eigenvalue weighted by Gasteiger charge is -2.00. The number of rotatable bonds is 1. The molecule has 0 saturated carbocycles. The average Bonchev–Trinajstić information content (AvgIpc) is 2.01. The van der Waals surface area contributed by atoms with Crippen LogP contribution in [0.4, 0.5) is 11.9 Å². The Morgan fingerprint density at radius 3 is 2.08 bits per heavy atom. The van der Waals surface area contributed by atoms with Crippen LogP contribution in [0.2, 0.25) is 0 Å². The fourth-order valence-electron chi connectivity index (χ4n) is 0.715. The molecule has 64 valence electrons. The average molecular weight is 165 g/mol. The van der Waals surface area contributed by atoms with Crippen LogP contribution in [0, 0.1) is 0 Å². The summed E-state index contributed by atoms with van der Waals surface area (Å²) in [5.41, 5.74) is 11.7. The number of nitrogens with zero attached hydrogens (tertiary/aromatic N) is 3. The third kappa shape index (κ3) is 1.69. The quantitative estimate of drug-likeness (QED) is 0.630. The summed E-state index contributed by atoms with van der Waals surface area (Å²) in [7, 11) is 0. The lowest BCUT2D eigenvalue weighted by atomic mass is 10.3. The summed E-state index contributed by atoms with van der Waals surface area (Å²) >= 11 is 0. The molecule has 0 aliphatic heterocycles. The molecule has 12 heavy (non-hydrogen) atoms. The molecule has 0 aromatic carbocycles. The summed E-state index contributed by atoms with van der Waals surface area (Å²) in [5.74, 6) is 0.833. The van der Waals surface area contributed by atoms with Crippen LogP contribution in [0.15, 0.2) is 6.08 Å². The van der Waals surface area contributed by atoms with Gasteiger partial charge in [0, 0.05) is 0 Å². The Bertz CT molecular complexity index is 297. The van der Waals surface area contributed by atoms with Gasteiger partial charge in [0.15, 0.2) is 5.82 Å². The minimum atomic E-state index is 0.152. The monoisotopic (exact) mass is 165 g/mol. The van der Waals surface area contributed by atoms with Crippen LogP contribution in [-0.2, 0) is 0 Å². The maximum absolute atomic E-state index is 5.38. The van der Waals surface area contributed by atoms with Crippen LogP contribution in [0.5, 0.6) is 0 Å². The molecule has 0 aliphatic carbocycles. The minimum absolute atomic E-state index is 0.152. The fourth-order valence-corrected chi connectivity index (χ4v) is 0.715. The number of hydrogen-bond donors (Lipinski definition) is 2. The van der Waals surface area contributed by atoms with Crippen molar-refractivity contribution in [1.29, 1.82) is 0 Å². The van der Waals surface area contributed by atoms with E-state index < -0.39 is 0 Å². The zero-order valence-corrected chi connectivity index (χ0v) is 7.07. The smallest absolute Gasteiger partial charge is 0.225 e. The molecule has 0 atom stereocenters. The van der Waals surface area contributed by atoms with Gasteiger partial charge in [-0.1, -0.05) is 6.08 Å². The Morgan fingerprint density at radius 2 is 1.67 bits per heavy atom. The highest BCUT2D eigenvalue weighted by molar-refractivity contribution is 5.58. The highest BCUT2D eigenvalue weighted by atomic mass is 15.1. The third-order valence-electron chi connectivity index (χ3n) is 1.46. The van der Waals surface area contributed by atoms with Crippen LogP contribution >= 0.6 is 0 Å². The lowest BCUT2D eigenvalue weighted by molar-refractivity contribution is 1.04. The number of allylic oxidation sites excluding steroid dienone is 2. The van der Waals surface area contributed by atoms with Crippen molar-refractivity contribution in [2.45, 2.75) is 13.8 Å². The standard InChI is InChI=1S/C7H11N5/c1-3-4(2)5-10-6(8)12-7(9)11-5/h3H,1-2H3,(H4,8,9,10,11,12). The van der Waals surface area contributed by atoms with E-state index in [4.69, 9.17) is 11.5 Å². The van der Waals surface area contributed by atoms with Crippen molar-refractivity contribution >= 4 is 17.5 Å². The van der Waals surface area contributed by atoms with Gasteiger partial charge in [-0.25, -0.2) is 0 Å². The molecule has 0 saturated heterocycles. The number of hydrogen-bond acceptors (Lipinski definition) is 5. The van der Waals surface area contributed by atoms with Crippen LogP contribution in [0.1, 0.15) is 19.7 Å². The van der Waals surface area contributed by atoms with E-state index in [9.17, 15) is 0 Å². The molecule has 0 aliphatic rings. The predicted octanol–water partition coefficient (Wildman–Crippen LogP) is 0.459. The minimum Gasteiger partial charge on any atom is -0.368 e. The summed E-state index contributed by atoms with van der Waals surface area (Å²) in [5, 5.41) is 0. The van der Waals surface area contributed by atoms with Gasteiger partial charge in [-0.15, -0.1) is 0 Å². The Kier molecular flexibility index (Phi) is 2.23. The van der Waals surface area contributed by atoms with Crippen molar-refractivity contribution < 1.29 is 0 Å². The van der Waals surface area contributed by atoms with Crippen molar-refractivity contribution in [2.24, 2.45) is 0 Å². The number of anilines is 2. The molecule has 0 radical (unpaired) electrons. The summed E-state index contributed by atoms with van der Waals surface area (Å²) < 4.78 is 0. The van der Waals surface area contributed by atoms with Gasteiger partial charge in [-0.3, -0.25) is 0 Å². The first-order chi connectivity index (χ1) is 5.63. The summed E-state index contributed by atoms with van der Waals surface area (Å²) in [6.45, 7) is 3.78. The van der Waals surface area contributed by atoms with Crippen LogP contribution in [0.3, 0.4) is 0 Å². The molecule has 1 aromatic rings. The van der Waals surface area contributed by atoms with E-state index in [0.29, 0.717) is 5.82 Å². The first-order valence-electron chi connectivity index (χ1n) is 3.54. The van der Waals surface area contributed by atoms with Crippen molar-refractivity contribution in [3.63, 3.8) is 0 Å². The largest absolute Gasteiger partial charge is 0.368 e. The topological polar surface area (TPSA) is 90.7 Å². The summed E-state index contributed by atoms with van der Waals surface area (Å²) in [4.78, 5) is 11.5. The van der Waals surface area contributed by atoms with Gasteiger partial charge in [0.1, 0.15) is 0 Å². The van der Waals surface area contributed by atoms with Gasteiger partial charge in [-0.05, 0) is 19.4 Å². The Labute approximate surface area is 70.5 Å². The van der Waals surface area contributed by atoms with Gasteiger partial charge < -0.3 is 11.5 Å². The molecule has 4 N–H and O–H groups in total. The second kappa shape index (κ2) is 3.17. The normalized spacial score (nSPS) is 11.7. The molecular weight excluding hydrogens is 154 g/mol. The Hall–Kier alpha value is -1.65.